The number of hydrogen-bond acceptors (Lipinski definition) is 2. The molecular formula is C18H26N2O2. The number of nitrogens with zero attached hydrogens (tertiary/aromatic N) is 1. The summed E-state index contributed by atoms with van der Waals surface area (Å²) in [7, 11) is 0. The van der Waals surface area contributed by atoms with Crippen LogP contribution in [-0.4, -0.2) is 35.8 Å². The summed E-state index contributed by atoms with van der Waals surface area (Å²) in [5.74, 6) is 0.0294. The maximum Gasteiger partial charge on any atom is 0.245 e. The third kappa shape index (κ3) is 4.86. The van der Waals surface area contributed by atoms with Gasteiger partial charge in [-0.05, 0) is 31.2 Å². The highest BCUT2D eigenvalue weighted by atomic mass is 16.2. The van der Waals surface area contributed by atoms with Crippen LogP contribution in [0.25, 0.3) is 0 Å². The zero-order valence-electron chi connectivity index (χ0n) is 13.4. The quantitative estimate of drug-likeness (QED) is 0.878. The van der Waals surface area contributed by atoms with Crippen LogP contribution in [-0.2, 0) is 16.0 Å². The Morgan fingerprint density at radius 3 is 2.45 bits per heavy atom. The smallest absolute Gasteiger partial charge is 0.245 e. The maximum absolute atomic E-state index is 12.8. The first kappa shape index (κ1) is 16.5. The first-order valence-corrected chi connectivity index (χ1v) is 8.32. The summed E-state index contributed by atoms with van der Waals surface area (Å²) in [6, 6.07) is 9.45. The van der Waals surface area contributed by atoms with E-state index in [1.165, 1.54) is 6.42 Å². The van der Waals surface area contributed by atoms with E-state index in [1.807, 2.05) is 42.2 Å². The second-order valence-electron chi connectivity index (χ2n) is 5.95. The van der Waals surface area contributed by atoms with Crippen molar-refractivity contribution < 1.29 is 9.59 Å². The van der Waals surface area contributed by atoms with Gasteiger partial charge < -0.3 is 10.2 Å². The fourth-order valence-corrected chi connectivity index (χ4v) is 2.88. The van der Waals surface area contributed by atoms with Gasteiger partial charge in [-0.25, -0.2) is 0 Å². The van der Waals surface area contributed by atoms with Crippen molar-refractivity contribution in [2.75, 3.05) is 13.1 Å². The molecule has 0 aliphatic carbocycles. The van der Waals surface area contributed by atoms with E-state index in [0.29, 0.717) is 12.8 Å². The van der Waals surface area contributed by atoms with Gasteiger partial charge in [-0.15, -0.1) is 0 Å². The summed E-state index contributed by atoms with van der Waals surface area (Å²) >= 11 is 0. The standard InChI is InChI=1S/C18H26N2O2/c1-2-9-17(21)19-16(14-15-10-5-3-6-11-15)18(22)20-12-7-4-8-13-20/h3,5-6,10-11,16H,2,4,7-9,12-14H2,1H3,(H,19,21). The Bertz CT molecular complexity index is 481. The zero-order chi connectivity index (χ0) is 15.8. The first-order valence-electron chi connectivity index (χ1n) is 8.32. The van der Waals surface area contributed by atoms with E-state index in [4.69, 9.17) is 0 Å². The lowest BCUT2D eigenvalue weighted by Gasteiger charge is -2.31. The molecule has 1 aromatic rings. The molecule has 1 N–H and O–H groups in total. The minimum atomic E-state index is -0.445. The number of nitrogens with one attached hydrogen (secondary N) is 1. The molecule has 0 saturated carbocycles. The van der Waals surface area contributed by atoms with Crippen molar-refractivity contribution in [1.29, 1.82) is 0 Å². The van der Waals surface area contributed by atoms with Gasteiger partial charge >= 0.3 is 0 Å². The van der Waals surface area contributed by atoms with Gasteiger partial charge in [0.1, 0.15) is 6.04 Å². The molecule has 1 aromatic carbocycles. The lowest BCUT2D eigenvalue weighted by Crippen LogP contribution is -2.51. The monoisotopic (exact) mass is 302 g/mol. The predicted octanol–water partition coefficient (Wildman–Crippen LogP) is 2.53. The highest BCUT2D eigenvalue weighted by Gasteiger charge is 2.26. The van der Waals surface area contributed by atoms with E-state index in [-0.39, 0.29) is 11.8 Å². The van der Waals surface area contributed by atoms with Crippen molar-refractivity contribution in [3.63, 3.8) is 0 Å². The highest BCUT2D eigenvalue weighted by molar-refractivity contribution is 5.88. The average molecular weight is 302 g/mol. The van der Waals surface area contributed by atoms with Crippen LogP contribution in [0.4, 0.5) is 0 Å². The Balaban J connectivity index is 2.05. The van der Waals surface area contributed by atoms with Crippen LogP contribution in [0.1, 0.15) is 44.6 Å². The Morgan fingerprint density at radius 2 is 1.82 bits per heavy atom. The van der Waals surface area contributed by atoms with Crippen LogP contribution in [0, 0.1) is 0 Å². The molecule has 2 amide bonds. The van der Waals surface area contributed by atoms with E-state index >= 15 is 0 Å². The van der Waals surface area contributed by atoms with Crippen molar-refractivity contribution in [2.45, 2.75) is 51.5 Å². The van der Waals surface area contributed by atoms with Crippen molar-refractivity contribution >= 4 is 11.8 Å². The molecule has 1 unspecified atom stereocenters. The average Bonchev–Trinajstić information content (AvgIpc) is 2.55. The molecule has 120 valence electrons. The topological polar surface area (TPSA) is 49.4 Å². The molecule has 1 fully saturated rings. The van der Waals surface area contributed by atoms with Crippen molar-refractivity contribution in [3.05, 3.63) is 35.9 Å². The van der Waals surface area contributed by atoms with E-state index in [0.717, 1.165) is 37.9 Å². The van der Waals surface area contributed by atoms with E-state index in [2.05, 4.69) is 5.32 Å². The number of benzene rings is 1. The molecule has 2 rings (SSSR count). The lowest BCUT2D eigenvalue weighted by atomic mass is 10.0. The number of carbonyl (C=O) groups is 2. The molecule has 0 spiro atoms. The zero-order valence-corrected chi connectivity index (χ0v) is 13.4. The Hall–Kier alpha value is -1.84. The molecule has 0 aromatic heterocycles. The summed E-state index contributed by atoms with van der Waals surface area (Å²) in [4.78, 5) is 26.6. The van der Waals surface area contributed by atoms with E-state index in [9.17, 15) is 9.59 Å². The van der Waals surface area contributed by atoms with Gasteiger partial charge in [-0.2, -0.15) is 0 Å². The third-order valence-corrected chi connectivity index (χ3v) is 4.06. The summed E-state index contributed by atoms with van der Waals surface area (Å²) in [6.07, 6.45) is 5.14. The molecule has 4 nitrogen and oxygen atoms in total. The number of carbonyl (C=O) groups excluding carboxylic acids is 2. The van der Waals surface area contributed by atoms with Crippen LogP contribution in [0.5, 0.6) is 0 Å². The molecule has 0 radical (unpaired) electrons. The molecule has 1 aliphatic rings. The number of piperidine rings is 1. The van der Waals surface area contributed by atoms with Crippen LogP contribution in [0.15, 0.2) is 30.3 Å². The number of likely N-dealkylation sites (tertiary alicyclic amines) is 1. The second-order valence-corrected chi connectivity index (χ2v) is 5.95. The summed E-state index contributed by atoms with van der Waals surface area (Å²) in [5, 5.41) is 2.93. The number of hydrogen-bond donors (Lipinski definition) is 1. The summed E-state index contributed by atoms with van der Waals surface area (Å²) in [5.41, 5.74) is 1.08. The van der Waals surface area contributed by atoms with Crippen LogP contribution < -0.4 is 5.32 Å². The van der Waals surface area contributed by atoms with Crippen molar-refractivity contribution in [2.24, 2.45) is 0 Å². The number of rotatable bonds is 6. The fourth-order valence-electron chi connectivity index (χ4n) is 2.88. The summed E-state index contributed by atoms with van der Waals surface area (Å²) in [6.45, 7) is 3.60. The molecular weight excluding hydrogens is 276 g/mol. The first-order chi connectivity index (χ1) is 10.7. The number of amides is 2. The van der Waals surface area contributed by atoms with Gasteiger partial charge in [0.2, 0.25) is 11.8 Å². The van der Waals surface area contributed by atoms with Gasteiger partial charge in [0.15, 0.2) is 0 Å². The minimum Gasteiger partial charge on any atom is -0.344 e. The molecule has 1 saturated heterocycles. The SMILES string of the molecule is CCCC(=O)NC(Cc1ccccc1)C(=O)N1CCCCC1. The highest BCUT2D eigenvalue weighted by Crippen LogP contribution is 2.13. The normalized spacial score (nSPS) is 16.1. The van der Waals surface area contributed by atoms with Gasteiger partial charge in [0.25, 0.3) is 0 Å². The van der Waals surface area contributed by atoms with Crippen molar-refractivity contribution in [3.8, 4) is 0 Å². The van der Waals surface area contributed by atoms with E-state index < -0.39 is 6.04 Å². The molecule has 1 aliphatic heterocycles. The third-order valence-electron chi connectivity index (χ3n) is 4.06. The van der Waals surface area contributed by atoms with Crippen LogP contribution in [0.2, 0.25) is 0 Å². The maximum atomic E-state index is 12.8. The molecule has 1 heterocycles. The van der Waals surface area contributed by atoms with Gasteiger partial charge in [0, 0.05) is 25.9 Å². The lowest BCUT2D eigenvalue weighted by molar-refractivity contribution is -0.137. The Labute approximate surface area is 132 Å². The predicted molar refractivity (Wildman–Crippen MR) is 87.4 cm³/mol. The fraction of sp³-hybridized carbons (Fsp3) is 0.556. The molecule has 1 atom stereocenters. The van der Waals surface area contributed by atoms with Crippen LogP contribution in [0.3, 0.4) is 0 Å². The largest absolute Gasteiger partial charge is 0.344 e. The Kier molecular flexibility index (Phi) is 6.44. The van der Waals surface area contributed by atoms with Gasteiger partial charge in [0.05, 0.1) is 0 Å². The molecule has 0 bridgehead atoms. The molecule has 22 heavy (non-hydrogen) atoms. The van der Waals surface area contributed by atoms with Gasteiger partial charge in [-0.1, -0.05) is 37.3 Å². The van der Waals surface area contributed by atoms with Gasteiger partial charge in [-0.3, -0.25) is 9.59 Å². The van der Waals surface area contributed by atoms with E-state index in [1.54, 1.807) is 0 Å². The van der Waals surface area contributed by atoms with Crippen molar-refractivity contribution in [1.82, 2.24) is 10.2 Å². The summed E-state index contributed by atoms with van der Waals surface area (Å²) < 4.78 is 0. The molecule has 4 heteroatoms. The minimum absolute atomic E-state index is 0.0335. The Morgan fingerprint density at radius 1 is 1.14 bits per heavy atom. The second kappa shape index (κ2) is 8.57. The van der Waals surface area contributed by atoms with Crippen LogP contribution >= 0.6 is 0 Å².